The maximum atomic E-state index is 13.1. The maximum Gasteiger partial charge on any atom is 0.387 e. The average molecular weight is 285 g/mol. The predicted octanol–water partition coefficient (Wildman–Crippen LogP) is 3.87. The highest BCUT2D eigenvalue weighted by Crippen LogP contribution is 2.27. The molecule has 0 aliphatic rings. The second kappa shape index (κ2) is 6.47. The fourth-order valence-corrected chi connectivity index (χ4v) is 1.84. The lowest BCUT2D eigenvalue weighted by Crippen LogP contribution is -2.19. The number of ether oxygens (including phenoxy) is 1. The van der Waals surface area contributed by atoms with E-state index < -0.39 is 12.4 Å². The maximum absolute atomic E-state index is 13.1. The third-order valence-corrected chi connectivity index (χ3v) is 2.82. The van der Waals surface area contributed by atoms with Gasteiger partial charge in [-0.25, -0.2) is 4.39 Å². The van der Waals surface area contributed by atoms with Crippen LogP contribution in [0.4, 0.5) is 13.2 Å². The van der Waals surface area contributed by atoms with Crippen LogP contribution in [0.2, 0.25) is 0 Å². The molecule has 0 radical (unpaired) electrons. The summed E-state index contributed by atoms with van der Waals surface area (Å²) in [7, 11) is 0. The first-order valence-corrected chi connectivity index (χ1v) is 6.06. The van der Waals surface area contributed by atoms with Gasteiger partial charge in [0.25, 0.3) is 0 Å². The Hall–Kier alpha value is -1.95. The molecule has 1 aromatic heterocycles. The van der Waals surface area contributed by atoms with Crippen LogP contribution in [-0.2, 0) is 6.54 Å². The lowest BCUT2D eigenvalue weighted by atomic mass is 10.1. The minimum Gasteiger partial charge on any atom is -0.468 e. The van der Waals surface area contributed by atoms with Crippen molar-refractivity contribution in [3.63, 3.8) is 0 Å². The molecule has 0 aliphatic heterocycles. The lowest BCUT2D eigenvalue weighted by Gasteiger charge is -2.17. The fraction of sp³-hybridized carbons (Fsp3) is 0.286. The second-order valence-electron chi connectivity index (χ2n) is 4.24. The molecule has 0 saturated carbocycles. The largest absolute Gasteiger partial charge is 0.468 e. The van der Waals surface area contributed by atoms with E-state index in [0.717, 1.165) is 11.8 Å². The Morgan fingerprint density at radius 2 is 2.10 bits per heavy atom. The van der Waals surface area contributed by atoms with E-state index in [0.29, 0.717) is 12.1 Å². The Balaban J connectivity index is 2.09. The third kappa shape index (κ3) is 3.77. The summed E-state index contributed by atoms with van der Waals surface area (Å²) in [6, 6.07) is 6.83. The summed E-state index contributed by atoms with van der Waals surface area (Å²) in [6.07, 6.45) is 1.55. The first-order valence-electron chi connectivity index (χ1n) is 6.06. The van der Waals surface area contributed by atoms with Gasteiger partial charge in [-0.15, -0.1) is 0 Å². The van der Waals surface area contributed by atoms with Crippen LogP contribution < -0.4 is 10.1 Å². The molecule has 1 heterocycles. The summed E-state index contributed by atoms with van der Waals surface area (Å²) in [5.41, 5.74) is 0.457. The minimum absolute atomic E-state index is 0.167. The normalized spacial score (nSPS) is 12.7. The van der Waals surface area contributed by atoms with Gasteiger partial charge in [0, 0.05) is 17.7 Å². The molecule has 0 bridgehead atoms. The number of rotatable bonds is 6. The van der Waals surface area contributed by atoms with E-state index in [-0.39, 0.29) is 11.8 Å². The number of hydrogen-bond donors (Lipinski definition) is 1. The Labute approximate surface area is 114 Å². The molecule has 2 rings (SSSR count). The molecule has 0 aliphatic carbocycles. The molecule has 3 nitrogen and oxygen atoms in total. The first kappa shape index (κ1) is 14.5. The van der Waals surface area contributed by atoms with Crippen molar-refractivity contribution in [1.29, 1.82) is 0 Å². The summed E-state index contributed by atoms with van der Waals surface area (Å²) >= 11 is 0. The second-order valence-corrected chi connectivity index (χ2v) is 4.24. The number of benzene rings is 1. The van der Waals surface area contributed by atoms with Crippen molar-refractivity contribution in [2.45, 2.75) is 26.1 Å². The zero-order valence-electron chi connectivity index (χ0n) is 10.8. The number of alkyl halides is 2. The van der Waals surface area contributed by atoms with E-state index >= 15 is 0 Å². The van der Waals surface area contributed by atoms with Crippen LogP contribution in [0.5, 0.6) is 5.75 Å². The van der Waals surface area contributed by atoms with Gasteiger partial charge in [-0.2, -0.15) is 8.78 Å². The van der Waals surface area contributed by atoms with Gasteiger partial charge < -0.3 is 14.5 Å². The van der Waals surface area contributed by atoms with Crippen molar-refractivity contribution >= 4 is 0 Å². The molecule has 108 valence electrons. The van der Waals surface area contributed by atoms with Crippen molar-refractivity contribution in [1.82, 2.24) is 5.32 Å². The smallest absolute Gasteiger partial charge is 0.387 e. The van der Waals surface area contributed by atoms with E-state index in [1.807, 2.05) is 0 Å². The van der Waals surface area contributed by atoms with Crippen molar-refractivity contribution < 1.29 is 22.3 Å². The molecule has 1 atom stereocenters. The van der Waals surface area contributed by atoms with Crippen molar-refractivity contribution in [3.05, 3.63) is 53.7 Å². The zero-order chi connectivity index (χ0) is 14.5. The Morgan fingerprint density at radius 3 is 2.75 bits per heavy atom. The van der Waals surface area contributed by atoms with E-state index in [1.165, 1.54) is 12.1 Å². The van der Waals surface area contributed by atoms with Crippen LogP contribution in [0.15, 0.2) is 41.0 Å². The van der Waals surface area contributed by atoms with Crippen molar-refractivity contribution in [3.8, 4) is 5.75 Å². The molecular weight excluding hydrogens is 271 g/mol. The van der Waals surface area contributed by atoms with Gasteiger partial charge in [0.05, 0.1) is 12.8 Å². The van der Waals surface area contributed by atoms with E-state index in [9.17, 15) is 13.2 Å². The van der Waals surface area contributed by atoms with E-state index in [2.05, 4.69) is 10.1 Å². The molecule has 0 saturated heterocycles. The van der Waals surface area contributed by atoms with E-state index in [1.54, 1.807) is 25.3 Å². The van der Waals surface area contributed by atoms with Crippen LogP contribution in [0.1, 0.15) is 24.3 Å². The molecule has 1 N–H and O–H groups in total. The molecule has 0 unspecified atom stereocenters. The molecule has 0 fully saturated rings. The summed E-state index contributed by atoms with van der Waals surface area (Å²) in [4.78, 5) is 0. The molecule has 20 heavy (non-hydrogen) atoms. The van der Waals surface area contributed by atoms with Gasteiger partial charge in [0.2, 0.25) is 0 Å². The quantitative estimate of drug-likeness (QED) is 0.875. The monoisotopic (exact) mass is 285 g/mol. The molecule has 0 amide bonds. The van der Waals surface area contributed by atoms with Crippen LogP contribution in [0, 0.1) is 5.82 Å². The van der Waals surface area contributed by atoms with Crippen LogP contribution in [0.3, 0.4) is 0 Å². The molecular formula is C14H14F3NO2. The van der Waals surface area contributed by atoms with Crippen LogP contribution >= 0.6 is 0 Å². The Morgan fingerprint density at radius 1 is 1.30 bits per heavy atom. The van der Waals surface area contributed by atoms with Crippen molar-refractivity contribution in [2.75, 3.05) is 0 Å². The highest BCUT2D eigenvalue weighted by molar-refractivity contribution is 5.36. The third-order valence-electron chi connectivity index (χ3n) is 2.82. The van der Waals surface area contributed by atoms with Gasteiger partial charge in [-0.3, -0.25) is 0 Å². The average Bonchev–Trinajstić information content (AvgIpc) is 2.88. The first-order chi connectivity index (χ1) is 9.56. The fourth-order valence-electron chi connectivity index (χ4n) is 1.84. The summed E-state index contributed by atoms with van der Waals surface area (Å²) in [6.45, 7) is -0.790. The molecule has 2 aromatic rings. The predicted molar refractivity (Wildman–Crippen MR) is 67.0 cm³/mol. The van der Waals surface area contributed by atoms with Crippen molar-refractivity contribution in [2.24, 2.45) is 0 Å². The molecule has 6 heteroatoms. The minimum atomic E-state index is -2.99. The highest BCUT2D eigenvalue weighted by Gasteiger charge is 2.16. The van der Waals surface area contributed by atoms with Crippen LogP contribution in [0.25, 0.3) is 0 Å². The van der Waals surface area contributed by atoms with Gasteiger partial charge >= 0.3 is 6.61 Å². The van der Waals surface area contributed by atoms with Gasteiger partial charge in [-0.1, -0.05) is 6.07 Å². The number of halogens is 3. The van der Waals surface area contributed by atoms with Gasteiger partial charge in [0.15, 0.2) is 0 Å². The highest BCUT2D eigenvalue weighted by atomic mass is 19.3. The van der Waals surface area contributed by atoms with E-state index in [4.69, 9.17) is 4.42 Å². The Kier molecular flexibility index (Phi) is 4.68. The summed E-state index contributed by atoms with van der Waals surface area (Å²) in [5, 5.41) is 3.09. The van der Waals surface area contributed by atoms with Gasteiger partial charge in [0.1, 0.15) is 17.3 Å². The Bertz CT molecular complexity index is 543. The zero-order valence-corrected chi connectivity index (χ0v) is 10.8. The van der Waals surface area contributed by atoms with Gasteiger partial charge in [-0.05, 0) is 25.1 Å². The standard InChI is InChI=1S/C14H14F3NO2/c1-9(18-8-11-3-2-6-19-11)12-5-4-10(15)7-13(12)20-14(16)17/h2-7,9,14,18H,8H2,1H3/t9-/m1/s1. The number of hydrogen-bond acceptors (Lipinski definition) is 3. The number of furan rings is 1. The number of nitrogens with one attached hydrogen (secondary N) is 1. The molecule has 1 aromatic carbocycles. The lowest BCUT2D eigenvalue weighted by molar-refractivity contribution is -0.0508. The topological polar surface area (TPSA) is 34.4 Å². The SMILES string of the molecule is C[C@@H](NCc1ccco1)c1ccc(F)cc1OC(F)F. The summed E-state index contributed by atoms with van der Waals surface area (Å²) < 4.78 is 47.3. The summed E-state index contributed by atoms with van der Waals surface area (Å²) in [5.74, 6) is -0.0719. The van der Waals surface area contributed by atoms with Crippen LogP contribution in [-0.4, -0.2) is 6.61 Å². The molecule has 0 spiro atoms.